The van der Waals surface area contributed by atoms with E-state index >= 15 is 0 Å². The maximum atomic E-state index is 11.6. The summed E-state index contributed by atoms with van der Waals surface area (Å²) in [4.78, 5) is 16.0. The molecule has 0 aliphatic rings. The molecule has 20 heavy (non-hydrogen) atoms. The second-order valence-corrected chi connectivity index (χ2v) is 5.45. The Morgan fingerprint density at radius 3 is 2.90 bits per heavy atom. The van der Waals surface area contributed by atoms with Crippen LogP contribution < -0.4 is 15.8 Å². The average molecular weight is 296 g/mol. The molecule has 2 rings (SSSR count). The third-order valence-electron chi connectivity index (χ3n) is 2.39. The molecule has 0 bridgehead atoms. The first-order valence-electron chi connectivity index (χ1n) is 6.08. The number of nitrogens with one attached hydrogen (secondary N) is 1. The van der Waals surface area contributed by atoms with E-state index in [1.54, 1.807) is 0 Å². The maximum Gasteiger partial charge on any atom is 0.213 e. The summed E-state index contributed by atoms with van der Waals surface area (Å²) in [5.74, 6) is 0.921. The fraction of sp³-hybridized carbons (Fsp3) is 0.417. The van der Waals surface area contributed by atoms with E-state index in [2.05, 4.69) is 20.0 Å². The van der Waals surface area contributed by atoms with Crippen molar-refractivity contribution in [2.75, 3.05) is 11.1 Å². The summed E-state index contributed by atoms with van der Waals surface area (Å²) in [5.41, 5.74) is 6.34. The first-order valence-corrected chi connectivity index (χ1v) is 6.89. The van der Waals surface area contributed by atoms with E-state index in [0.29, 0.717) is 33.7 Å². The molecule has 8 heteroatoms. The first-order chi connectivity index (χ1) is 9.49. The highest BCUT2D eigenvalue weighted by Gasteiger charge is 2.21. The van der Waals surface area contributed by atoms with Crippen molar-refractivity contribution in [3.8, 4) is 5.75 Å². The number of ketones is 1. The molecule has 2 aromatic rings. The summed E-state index contributed by atoms with van der Waals surface area (Å²) in [7, 11) is 0. The van der Waals surface area contributed by atoms with Gasteiger partial charge in [0.2, 0.25) is 6.39 Å². The molecule has 0 spiro atoms. The van der Waals surface area contributed by atoms with Gasteiger partial charge in [-0.2, -0.15) is 4.98 Å². The van der Waals surface area contributed by atoms with Crippen LogP contribution in [-0.4, -0.2) is 22.0 Å². The molecule has 2 heterocycles. The van der Waals surface area contributed by atoms with Crippen LogP contribution in [0.4, 0.5) is 10.7 Å². The Bertz CT molecular complexity index is 592. The molecule has 0 saturated carbocycles. The smallest absolute Gasteiger partial charge is 0.213 e. The number of hydrogen-bond acceptors (Lipinski definition) is 8. The molecule has 0 amide bonds. The summed E-state index contributed by atoms with van der Waals surface area (Å²) in [6.45, 7) is 5.63. The van der Waals surface area contributed by atoms with Crippen molar-refractivity contribution in [3.63, 3.8) is 0 Å². The Morgan fingerprint density at radius 2 is 2.35 bits per heavy atom. The number of nitrogens with two attached hydrogens (primary N) is 1. The van der Waals surface area contributed by atoms with Crippen LogP contribution in [-0.2, 0) is 6.54 Å². The molecule has 108 valence electrons. The molecule has 3 N–H and O–H groups in total. The summed E-state index contributed by atoms with van der Waals surface area (Å²) >= 11 is 1.26. The van der Waals surface area contributed by atoms with Crippen molar-refractivity contribution in [1.82, 2.24) is 10.1 Å². The maximum absolute atomic E-state index is 11.6. The van der Waals surface area contributed by atoms with E-state index < -0.39 is 0 Å². The molecule has 7 nitrogen and oxygen atoms in total. The number of rotatable bonds is 6. The van der Waals surface area contributed by atoms with Crippen LogP contribution in [0.5, 0.6) is 5.75 Å². The molecule has 0 atom stereocenters. The van der Waals surface area contributed by atoms with Gasteiger partial charge in [-0.1, -0.05) is 5.16 Å². The summed E-state index contributed by atoms with van der Waals surface area (Å²) in [5, 5.41) is 7.50. The van der Waals surface area contributed by atoms with Gasteiger partial charge in [0, 0.05) is 6.92 Å². The van der Waals surface area contributed by atoms with Gasteiger partial charge in [0.05, 0.1) is 23.2 Å². The van der Waals surface area contributed by atoms with E-state index in [1.807, 2.05) is 13.8 Å². The Labute approximate surface area is 120 Å². The number of anilines is 2. The number of hydrogen-bond donors (Lipinski definition) is 2. The van der Waals surface area contributed by atoms with Gasteiger partial charge >= 0.3 is 0 Å². The highest BCUT2D eigenvalue weighted by Crippen LogP contribution is 2.43. The van der Waals surface area contributed by atoms with Crippen LogP contribution in [0, 0.1) is 0 Å². The van der Waals surface area contributed by atoms with Crippen molar-refractivity contribution in [1.29, 1.82) is 0 Å². The van der Waals surface area contributed by atoms with Crippen molar-refractivity contribution in [3.05, 3.63) is 17.1 Å². The van der Waals surface area contributed by atoms with Crippen LogP contribution in [0.2, 0.25) is 0 Å². The van der Waals surface area contributed by atoms with E-state index in [-0.39, 0.29) is 11.9 Å². The second kappa shape index (κ2) is 5.91. The minimum absolute atomic E-state index is 0.0440. The largest absolute Gasteiger partial charge is 0.486 e. The van der Waals surface area contributed by atoms with Gasteiger partial charge in [0.1, 0.15) is 5.00 Å². The third-order valence-corrected chi connectivity index (χ3v) is 3.63. The zero-order chi connectivity index (χ0) is 14.7. The van der Waals surface area contributed by atoms with E-state index in [9.17, 15) is 4.79 Å². The van der Waals surface area contributed by atoms with Gasteiger partial charge in [-0.15, -0.1) is 11.3 Å². The predicted octanol–water partition coefficient (Wildman–Crippen LogP) is 2.32. The fourth-order valence-corrected chi connectivity index (χ4v) is 2.53. The molecular formula is C12H16N4O3S. The molecule has 0 aromatic carbocycles. The lowest BCUT2D eigenvalue weighted by Crippen LogP contribution is -2.09. The molecular weight excluding hydrogens is 280 g/mol. The summed E-state index contributed by atoms with van der Waals surface area (Å²) < 4.78 is 10.3. The van der Waals surface area contributed by atoms with Crippen LogP contribution in [0.1, 0.15) is 36.3 Å². The standard InChI is InChI=1S/C12H16N4O3S/c1-6(2)19-10-9(13)11(7(3)17)20-12(10)14-4-8-15-5-18-16-8/h5-6,14H,4,13H2,1-3H3. The van der Waals surface area contributed by atoms with E-state index in [1.165, 1.54) is 24.7 Å². The minimum Gasteiger partial charge on any atom is -0.486 e. The van der Waals surface area contributed by atoms with Crippen molar-refractivity contribution < 1.29 is 14.1 Å². The Morgan fingerprint density at radius 1 is 1.60 bits per heavy atom. The molecule has 0 aliphatic carbocycles. The van der Waals surface area contributed by atoms with Gasteiger partial charge in [-0.25, -0.2) is 0 Å². The lowest BCUT2D eigenvalue weighted by Gasteiger charge is -2.12. The minimum atomic E-state index is -0.0892. The SMILES string of the molecule is CC(=O)c1sc(NCc2ncon2)c(OC(C)C)c1N. The molecule has 2 aromatic heterocycles. The van der Waals surface area contributed by atoms with Gasteiger partial charge in [-0.3, -0.25) is 4.79 Å². The number of carbonyl (C=O) groups is 1. The molecule has 0 aliphatic heterocycles. The monoisotopic (exact) mass is 296 g/mol. The van der Waals surface area contributed by atoms with Gasteiger partial charge in [-0.05, 0) is 13.8 Å². The number of ether oxygens (including phenoxy) is 1. The van der Waals surface area contributed by atoms with Crippen LogP contribution in [0.15, 0.2) is 10.9 Å². The zero-order valence-corrected chi connectivity index (χ0v) is 12.3. The van der Waals surface area contributed by atoms with Crippen molar-refractivity contribution >= 4 is 27.8 Å². The predicted molar refractivity (Wildman–Crippen MR) is 76.1 cm³/mol. The Hall–Kier alpha value is -2.09. The van der Waals surface area contributed by atoms with Crippen LogP contribution in [0.3, 0.4) is 0 Å². The fourth-order valence-electron chi connectivity index (χ4n) is 1.59. The summed E-state index contributed by atoms with van der Waals surface area (Å²) in [6.07, 6.45) is 1.21. The topological polar surface area (TPSA) is 103 Å². The number of carbonyl (C=O) groups excluding carboxylic acids is 1. The van der Waals surface area contributed by atoms with Crippen molar-refractivity contribution in [2.45, 2.75) is 33.4 Å². The molecule has 0 unspecified atom stereocenters. The van der Waals surface area contributed by atoms with Crippen LogP contribution in [0.25, 0.3) is 0 Å². The lowest BCUT2D eigenvalue weighted by molar-refractivity contribution is 0.102. The number of Topliss-reactive ketones (excluding diaryl/α,β-unsaturated/α-hetero) is 1. The quantitative estimate of drug-likeness (QED) is 0.788. The van der Waals surface area contributed by atoms with E-state index in [0.717, 1.165) is 0 Å². The Balaban J connectivity index is 2.25. The number of nitrogen functional groups attached to an aromatic ring is 1. The highest BCUT2D eigenvalue weighted by molar-refractivity contribution is 7.19. The number of nitrogens with zero attached hydrogens (tertiary/aromatic N) is 2. The zero-order valence-electron chi connectivity index (χ0n) is 11.5. The van der Waals surface area contributed by atoms with Crippen molar-refractivity contribution in [2.24, 2.45) is 0 Å². The highest BCUT2D eigenvalue weighted by atomic mass is 32.1. The summed E-state index contributed by atoms with van der Waals surface area (Å²) in [6, 6.07) is 0. The number of aromatic nitrogens is 2. The van der Waals surface area contributed by atoms with Gasteiger partial charge in [0.15, 0.2) is 17.4 Å². The first kappa shape index (κ1) is 14.3. The van der Waals surface area contributed by atoms with Gasteiger partial charge < -0.3 is 20.3 Å². The average Bonchev–Trinajstić information content (AvgIpc) is 2.97. The normalized spacial score (nSPS) is 10.8. The molecule has 0 fully saturated rings. The lowest BCUT2D eigenvalue weighted by atomic mass is 10.3. The third kappa shape index (κ3) is 3.08. The van der Waals surface area contributed by atoms with Crippen LogP contribution >= 0.6 is 11.3 Å². The Kier molecular flexibility index (Phi) is 4.23. The van der Waals surface area contributed by atoms with Gasteiger partial charge in [0.25, 0.3) is 0 Å². The molecule has 0 radical (unpaired) electrons. The number of thiophene rings is 1. The molecule has 0 saturated heterocycles. The second-order valence-electron chi connectivity index (χ2n) is 4.43. The van der Waals surface area contributed by atoms with E-state index in [4.69, 9.17) is 10.5 Å².